The van der Waals surface area contributed by atoms with E-state index in [4.69, 9.17) is 5.73 Å². The molecule has 0 bridgehead atoms. The summed E-state index contributed by atoms with van der Waals surface area (Å²) in [4.78, 5) is 2.15. The molecule has 1 heterocycles. The average Bonchev–Trinajstić information content (AvgIpc) is 2.40. The maximum atomic E-state index is 12.4. The molecule has 2 N–H and O–H groups in total. The molecule has 3 nitrogen and oxygen atoms in total. The normalized spacial score (nSPS) is 18.6. The monoisotopic (exact) mass is 338 g/mol. The summed E-state index contributed by atoms with van der Waals surface area (Å²) in [6, 6.07) is 6.49. The SMILES string of the molecule is CC(N)C1CCN(Cc2ccccc2OC(F)(F)F)CC1.Cl. The quantitative estimate of drug-likeness (QED) is 0.912. The van der Waals surface area contributed by atoms with Gasteiger partial charge in [-0.2, -0.15) is 0 Å². The third-order valence-corrected chi connectivity index (χ3v) is 3.97. The van der Waals surface area contributed by atoms with Gasteiger partial charge in [0, 0.05) is 18.2 Å². The molecule has 2 rings (SSSR count). The maximum absolute atomic E-state index is 12.4. The van der Waals surface area contributed by atoms with Crippen molar-refractivity contribution in [3.8, 4) is 5.75 Å². The molecule has 1 fully saturated rings. The van der Waals surface area contributed by atoms with Crippen molar-refractivity contribution in [2.24, 2.45) is 11.7 Å². The van der Waals surface area contributed by atoms with Crippen LogP contribution in [0.15, 0.2) is 24.3 Å². The highest BCUT2D eigenvalue weighted by molar-refractivity contribution is 5.85. The average molecular weight is 339 g/mol. The number of halogens is 4. The first-order valence-corrected chi connectivity index (χ1v) is 7.17. The van der Waals surface area contributed by atoms with E-state index < -0.39 is 6.36 Å². The zero-order valence-corrected chi connectivity index (χ0v) is 13.3. The number of likely N-dealkylation sites (tertiary alicyclic amines) is 1. The summed E-state index contributed by atoms with van der Waals surface area (Å²) in [6.07, 6.45) is -2.68. The number of piperidine rings is 1. The number of rotatable bonds is 4. The zero-order valence-electron chi connectivity index (χ0n) is 12.5. The molecule has 7 heteroatoms. The fraction of sp³-hybridized carbons (Fsp3) is 0.600. The molecule has 0 aliphatic carbocycles. The van der Waals surface area contributed by atoms with E-state index >= 15 is 0 Å². The summed E-state index contributed by atoms with van der Waals surface area (Å²) >= 11 is 0. The van der Waals surface area contributed by atoms with Crippen molar-refractivity contribution in [2.75, 3.05) is 13.1 Å². The minimum absolute atomic E-state index is 0. The lowest BCUT2D eigenvalue weighted by Crippen LogP contribution is -2.39. The second kappa shape index (κ2) is 8.04. The highest BCUT2D eigenvalue weighted by Crippen LogP contribution is 2.28. The molecule has 0 radical (unpaired) electrons. The van der Waals surface area contributed by atoms with Crippen molar-refractivity contribution in [3.05, 3.63) is 29.8 Å². The summed E-state index contributed by atoms with van der Waals surface area (Å²) in [5.74, 6) is 0.391. The van der Waals surface area contributed by atoms with Crippen LogP contribution >= 0.6 is 12.4 Å². The third-order valence-electron chi connectivity index (χ3n) is 3.97. The van der Waals surface area contributed by atoms with Gasteiger partial charge >= 0.3 is 6.36 Å². The molecular weight excluding hydrogens is 317 g/mol. The second-order valence-electron chi connectivity index (χ2n) is 5.63. The lowest BCUT2D eigenvalue weighted by molar-refractivity contribution is -0.275. The van der Waals surface area contributed by atoms with Crippen molar-refractivity contribution >= 4 is 12.4 Å². The van der Waals surface area contributed by atoms with Crippen LogP contribution in [-0.4, -0.2) is 30.4 Å². The van der Waals surface area contributed by atoms with E-state index in [1.807, 2.05) is 6.92 Å². The molecule has 1 atom stereocenters. The van der Waals surface area contributed by atoms with Gasteiger partial charge in [-0.05, 0) is 44.8 Å². The summed E-state index contributed by atoms with van der Waals surface area (Å²) in [6.45, 7) is 4.18. The predicted molar refractivity (Wildman–Crippen MR) is 82.0 cm³/mol. The van der Waals surface area contributed by atoms with Gasteiger partial charge in [0.25, 0.3) is 0 Å². The van der Waals surface area contributed by atoms with Crippen LogP contribution in [-0.2, 0) is 6.54 Å². The first-order chi connectivity index (χ1) is 9.85. The Hall–Kier alpha value is -0.980. The molecule has 0 aromatic heterocycles. The fourth-order valence-corrected chi connectivity index (χ4v) is 2.74. The molecule has 1 aliphatic heterocycles. The third kappa shape index (κ3) is 5.66. The Morgan fingerprint density at radius 3 is 2.41 bits per heavy atom. The Kier molecular flexibility index (Phi) is 6.97. The van der Waals surface area contributed by atoms with E-state index in [1.54, 1.807) is 18.2 Å². The second-order valence-corrected chi connectivity index (χ2v) is 5.63. The Balaban J connectivity index is 0.00000242. The van der Waals surface area contributed by atoms with Crippen LogP contribution in [0, 0.1) is 5.92 Å². The minimum atomic E-state index is -4.65. The number of nitrogens with two attached hydrogens (primary N) is 1. The fourth-order valence-electron chi connectivity index (χ4n) is 2.74. The molecule has 0 amide bonds. The van der Waals surface area contributed by atoms with Gasteiger partial charge in [0.1, 0.15) is 5.75 Å². The number of hydrogen-bond donors (Lipinski definition) is 1. The largest absolute Gasteiger partial charge is 0.573 e. The first kappa shape index (κ1) is 19.1. The van der Waals surface area contributed by atoms with Crippen molar-refractivity contribution < 1.29 is 17.9 Å². The highest BCUT2D eigenvalue weighted by Gasteiger charge is 2.32. The molecule has 22 heavy (non-hydrogen) atoms. The van der Waals surface area contributed by atoms with Crippen LogP contribution in [0.4, 0.5) is 13.2 Å². The van der Waals surface area contributed by atoms with Crippen molar-refractivity contribution in [1.82, 2.24) is 4.90 Å². The molecular formula is C15H22ClF3N2O. The molecule has 1 aromatic carbocycles. The number of para-hydroxylation sites is 1. The van der Waals surface area contributed by atoms with Gasteiger partial charge in [0.05, 0.1) is 0 Å². The van der Waals surface area contributed by atoms with Crippen LogP contribution in [0.25, 0.3) is 0 Å². The summed E-state index contributed by atoms with van der Waals surface area (Å²) in [5.41, 5.74) is 6.46. The van der Waals surface area contributed by atoms with Gasteiger partial charge < -0.3 is 10.5 Å². The molecule has 0 spiro atoms. The summed E-state index contributed by atoms with van der Waals surface area (Å²) in [7, 11) is 0. The van der Waals surface area contributed by atoms with Crippen molar-refractivity contribution in [3.63, 3.8) is 0 Å². The van der Waals surface area contributed by atoms with Gasteiger partial charge in [0.2, 0.25) is 0 Å². The predicted octanol–water partition coefficient (Wildman–Crippen LogP) is 3.57. The van der Waals surface area contributed by atoms with Crippen LogP contribution in [0.1, 0.15) is 25.3 Å². The van der Waals surface area contributed by atoms with Crippen molar-refractivity contribution in [1.29, 1.82) is 0 Å². The summed E-state index contributed by atoms with van der Waals surface area (Å²) in [5, 5.41) is 0. The van der Waals surface area contributed by atoms with E-state index in [-0.39, 0.29) is 24.2 Å². The van der Waals surface area contributed by atoms with E-state index in [2.05, 4.69) is 9.64 Å². The topological polar surface area (TPSA) is 38.5 Å². The molecule has 0 saturated carbocycles. The van der Waals surface area contributed by atoms with Gasteiger partial charge in [-0.3, -0.25) is 4.90 Å². The van der Waals surface area contributed by atoms with E-state index in [1.165, 1.54) is 6.07 Å². The van der Waals surface area contributed by atoms with Gasteiger partial charge in [-0.15, -0.1) is 25.6 Å². The Morgan fingerprint density at radius 2 is 1.86 bits per heavy atom. The summed E-state index contributed by atoms with van der Waals surface area (Å²) < 4.78 is 41.3. The van der Waals surface area contributed by atoms with Gasteiger partial charge in [-0.25, -0.2) is 0 Å². The van der Waals surface area contributed by atoms with E-state index in [0.717, 1.165) is 25.9 Å². The van der Waals surface area contributed by atoms with E-state index in [9.17, 15) is 13.2 Å². The standard InChI is InChI=1S/C15H21F3N2O.ClH/c1-11(19)12-6-8-20(9-7-12)10-13-4-2-3-5-14(13)21-15(16,17)18;/h2-5,11-12H,6-10,19H2,1H3;1H. The van der Waals surface area contributed by atoms with Crippen LogP contribution in [0.2, 0.25) is 0 Å². The van der Waals surface area contributed by atoms with Crippen LogP contribution in [0.5, 0.6) is 5.75 Å². The van der Waals surface area contributed by atoms with Gasteiger partial charge in [0.15, 0.2) is 0 Å². The molecule has 1 aromatic rings. The minimum Gasteiger partial charge on any atom is -0.405 e. The number of alkyl halides is 3. The number of hydrogen-bond acceptors (Lipinski definition) is 3. The van der Waals surface area contributed by atoms with E-state index in [0.29, 0.717) is 18.0 Å². The smallest absolute Gasteiger partial charge is 0.405 e. The van der Waals surface area contributed by atoms with Crippen LogP contribution < -0.4 is 10.5 Å². The Morgan fingerprint density at radius 1 is 1.27 bits per heavy atom. The first-order valence-electron chi connectivity index (χ1n) is 7.17. The van der Waals surface area contributed by atoms with Crippen LogP contribution in [0.3, 0.4) is 0 Å². The van der Waals surface area contributed by atoms with Crippen molar-refractivity contribution in [2.45, 2.75) is 38.7 Å². The highest BCUT2D eigenvalue weighted by atomic mass is 35.5. The lowest BCUT2D eigenvalue weighted by Gasteiger charge is -2.34. The van der Waals surface area contributed by atoms with Gasteiger partial charge in [-0.1, -0.05) is 18.2 Å². The number of benzene rings is 1. The number of nitrogens with zero attached hydrogens (tertiary/aromatic N) is 1. The molecule has 126 valence electrons. The maximum Gasteiger partial charge on any atom is 0.573 e. The zero-order chi connectivity index (χ0) is 15.5. The Bertz CT molecular complexity index is 460. The number of ether oxygens (including phenoxy) is 1. The Labute approximate surface area is 135 Å². The molecule has 1 unspecified atom stereocenters. The molecule has 1 saturated heterocycles. The molecule has 1 aliphatic rings. The lowest BCUT2D eigenvalue weighted by atomic mass is 9.91.